The van der Waals surface area contributed by atoms with E-state index in [1.807, 2.05) is 19.1 Å². The minimum absolute atomic E-state index is 0.0106. The molecule has 16 radical (unpaired) electrons. The molecule has 55 heavy (non-hydrogen) atoms. The zero-order chi connectivity index (χ0) is 40.7. The third-order valence-corrected chi connectivity index (χ3v) is 12.9. The number of nitrogens with one attached hydrogen (secondary N) is 1. The Bertz CT molecular complexity index is 2240. The quantitative estimate of drug-likeness (QED) is 0.251. The largest absolute Gasteiger partial charge is 0.393 e. The van der Waals surface area contributed by atoms with Gasteiger partial charge in [-0.1, -0.05) is 16.7 Å². The van der Waals surface area contributed by atoms with Crippen molar-refractivity contribution in [2.75, 3.05) is 24.7 Å². The van der Waals surface area contributed by atoms with E-state index in [1.54, 1.807) is 17.6 Å². The minimum atomic E-state index is -4.37. The number of hydrogen-bond acceptors (Lipinski definition) is 9. The molecule has 23 heteroatoms. The molecule has 5 heterocycles. The standard InChI is InChI=1S/C32H31B8F3N8O2S2/c1-17(50-29(33,34)31(37,38)51(55(3,52)53)32(39,40)30(50,35)36)14-49-21(13-44)10-23-18(2)19(4-5-25(23)49)15-48-8-6-20(7-9-48)47-26-24-11-22(12-28(41,42)43)54-27(24)46-16-45-26/h4-5,10-11,16-17,20H,6-9,12,14-15H2,1-3H3,(H,45,46,47)/t17-/m0/s1. The molecule has 2 aliphatic rings. The summed E-state index contributed by atoms with van der Waals surface area (Å²) in [4.78, 5) is 12.6. The van der Waals surface area contributed by atoms with Gasteiger partial charge in [0.05, 0.1) is 80.8 Å². The maximum absolute atomic E-state index is 13.0. The maximum atomic E-state index is 13.0. The Labute approximate surface area is 334 Å². The van der Waals surface area contributed by atoms with Gasteiger partial charge in [0.1, 0.15) is 28.7 Å². The average Bonchev–Trinajstić information content (AvgIpc) is 3.61. The minimum Gasteiger partial charge on any atom is -0.367 e. The fraction of sp³-hybridized carbons (Fsp3) is 0.531. The summed E-state index contributed by atoms with van der Waals surface area (Å²) >= 11 is 1.02. The Morgan fingerprint density at radius 2 is 1.62 bits per heavy atom. The first-order valence-electron chi connectivity index (χ1n) is 17.2. The molecule has 3 aromatic heterocycles. The van der Waals surface area contributed by atoms with Crippen LogP contribution in [0.2, 0.25) is 0 Å². The number of thiophene rings is 1. The van der Waals surface area contributed by atoms with Gasteiger partial charge in [-0.3, -0.25) is 4.90 Å². The number of piperidine rings is 1. The van der Waals surface area contributed by atoms with E-state index in [-0.39, 0.29) is 17.5 Å². The molecule has 0 amide bonds. The highest BCUT2D eigenvalue weighted by Crippen LogP contribution is 2.45. The normalized spacial score (nSPS) is 21.4. The summed E-state index contributed by atoms with van der Waals surface area (Å²) in [7, 11) is 46.6. The van der Waals surface area contributed by atoms with E-state index in [0.29, 0.717) is 38.1 Å². The number of benzene rings is 1. The number of likely N-dealkylation sites (tertiary alicyclic amines) is 1. The molecule has 2 aliphatic heterocycles. The average molecular weight is 767 g/mol. The fourth-order valence-corrected chi connectivity index (χ4v) is 10.3. The van der Waals surface area contributed by atoms with Gasteiger partial charge in [0.15, 0.2) is 0 Å². The SMILES string of the molecule is [B]C1([B])N([C@@H](C)Cn2c(C#N)cc3c(C)c(CN4CCC(Nc5ncnc6sc(CC(F)(F)F)cc56)CC4)ccc32)C([B])([B])C([B])([B])N(S(C)(=O)=O)C1([B])[B]. The summed E-state index contributed by atoms with van der Waals surface area (Å²) in [5.41, 5.74) is 3.03. The van der Waals surface area contributed by atoms with Gasteiger partial charge in [0.2, 0.25) is 10.0 Å². The van der Waals surface area contributed by atoms with E-state index < -0.39 is 50.0 Å². The molecule has 0 saturated carbocycles. The van der Waals surface area contributed by atoms with E-state index in [2.05, 4.69) is 26.3 Å². The molecule has 2 fully saturated rings. The number of alkyl halides is 3. The molecule has 0 unspecified atom stereocenters. The number of anilines is 1. The van der Waals surface area contributed by atoms with Gasteiger partial charge in [-0.2, -0.15) is 18.4 Å². The lowest BCUT2D eigenvalue weighted by molar-refractivity contribution is -0.126. The van der Waals surface area contributed by atoms with Gasteiger partial charge < -0.3 is 14.8 Å². The molecule has 0 spiro atoms. The number of aromatic nitrogens is 3. The topological polar surface area (TPSA) is 110 Å². The first kappa shape index (κ1) is 41.9. The van der Waals surface area contributed by atoms with Crippen LogP contribution in [0.3, 0.4) is 0 Å². The number of sulfonamides is 1. The summed E-state index contributed by atoms with van der Waals surface area (Å²) in [5.74, 6) is 0.528. The molecule has 0 bridgehead atoms. The third kappa shape index (κ3) is 7.43. The summed E-state index contributed by atoms with van der Waals surface area (Å²) in [5, 5.41) is 4.99. The molecule has 10 nitrogen and oxygen atoms in total. The van der Waals surface area contributed by atoms with Crippen LogP contribution in [0.5, 0.6) is 0 Å². The van der Waals surface area contributed by atoms with Crippen molar-refractivity contribution in [1.82, 2.24) is 28.6 Å². The van der Waals surface area contributed by atoms with E-state index >= 15 is 0 Å². The highest BCUT2D eigenvalue weighted by atomic mass is 32.2. The number of aryl methyl sites for hydroxylation is 1. The van der Waals surface area contributed by atoms with Crippen LogP contribution in [0.25, 0.3) is 21.1 Å². The number of hydrogen-bond donors (Lipinski definition) is 1. The van der Waals surface area contributed by atoms with Crippen molar-refractivity contribution < 1.29 is 21.6 Å². The third-order valence-electron chi connectivity index (χ3n) is 10.6. The lowest BCUT2D eigenvalue weighted by atomic mass is 9.27. The van der Waals surface area contributed by atoms with Crippen molar-refractivity contribution in [2.24, 2.45) is 0 Å². The number of piperazine rings is 1. The molecule has 2 saturated heterocycles. The molecule has 4 aromatic rings. The lowest BCUT2D eigenvalue weighted by Crippen LogP contribution is -2.93. The Morgan fingerprint density at radius 3 is 2.18 bits per heavy atom. The summed E-state index contributed by atoms with van der Waals surface area (Å²) in [6.45, 7) is 5.78. The Hall–Kier alpha value is -2.77. The van der Waals surface area contributed by atoms with Crippen molar-refractivity contribution in [1.29, 1.82) is 5.26 Å². The first-order valence-corrected chi connectivity index (χ1v) is 19.9. The second-order valence-electron chi connectivity index (χ2n) is 14.7. The van der Waals surface area contributed by atoms with Crippen molar-refractivity contribution in [3.63, 3.8) is 0 Å². The fourth-order valence-electron chi connectivity index (χ4n) is 7.90. The molecule has 1 N–H and O–H groups in total. The predicted molar refractivity (Wildman–Crippen MR) is 215 cm³/mol. The zero-order valence-electron chi connectivity index (χ0n) is 30.5. The lowest BCUT2D eigenvalue weighted by Gasteiger charge is -2.75. The van der Waals surface area contributed by atoms with Gasteiger partial charge in [-0.25, -0.2) is 22.7 Å². The van der Waals surface area contributed by atoms with E-state index in [4.69, 9.17) is 62.8 Å². The van der Waals surface area contributed by atoms with Gasteiger partial charge in [0, 0.05) is 54.0 Å². The van der Waals surface area contributed by atoms with Gasteiger partial charge in [0.25, 0.3) is 0 Å². The predicted octanol–water partition coefficient (Wildman–Crippen LogP) is 0.936. The molecular weight excluding hydrogens is 736 g/mol. The molecule has 0 aliphatic carbocycles. The van der Waals surface area contributed by atoms with Crippen LogP contribution >= 0.6 is 11.3 Å². The zero-order valence-corrected chi connectivity index (χ0v) is 32.1. The molecule has 6 rings (SSSR count). The Morgan fingerprint density at radius 1 is 1.00 bits per heavy atom. The maximum Gasteiger partial charge on any atom is 0.393 e. The van der Waals surface area contributed by atoms with Crippen molar-refractivity contribution >= 4 is 111 Å². The first-order chi connectivity index (χ1) is 25.3. The van der Waals surface area contributed by atoms with Crippen LogP contribution in [0, 0.1) is 18.3 Å². The number of nitriles is 1. The highest BCUT2D eigenvalue weighted by Gasteiger charge is 2.63. The Kier molecular flexibility index (Phi) is 10.8. The van der Waals surface area contributed by atoms with Crippen molar-refractivity contribution in [3.8, 4) is 6.07 Å². The summed E-state index contributed by atoms with van der Waals surface area (Å²) < 4.78 is 66.6. The van der Waals surface area contributed by atoms with Gasteiger partial charge in [-0.05, 0) is 66.7 Å². The van der Waals surface area contributed by atoms with E-state index in [9.17, 15) is 26.9 Å². The van der Waals surface area contributed by atoms with Crippen LogP contribution in [0.4, 0.5) is 19.0 Å². The second kappa shape index (κ2) is 14.3. The van der Waals surface area contributed by atoms with E-state index in [0.717, 1.165) is 64.9 Å². The van der Waals surface area contributed by atoms with Crippen LogP contribution in [0.15, 0.2) is 30.6 Å². The highest BCUT2D eigenvalue weighted by molar-refractivity contribution is 7.88. The smallest absolute Gasteiger partial charge is 0.367 e. The molecular formula is C32H31B8F3N8O2S2. The van der Waals surface area contributed by atoms with Gasteiger partial charge >= 0.3 is 6.18 Å². The number of nitrogens with zero attached hydrogens (tertiary/aromatic N) is 7. The summed E-state index contributed by atoms with van der Waals surface area (Å²) in [6, 6.07) is 8.60. The number of rotatable bonds is 9. The van der Waals surface area contributed by atoms with Crippen LogP contribution in [0.1, 0.15) is 41.5 Å². The van der Waals surface area contributed by atoms with Crippen LogP contribution in [-0.4, -0.2) is 159 Å². The van der Waals surface area contributed by atoms with Crippen molar-refractivity contribution in [3.05, 3.63) is 52.3 Å². The Balaban J connectivity index is 1.18. The monoisotopic (exact) mass is 768 g/mol. The number of halogens is 3. The van der Waals surface area contributed by atoms with Crippen molar-refractivity contribution in [2.45, 2.75) is 85.8 Å². The van der Waals surface area contributed by atoms with Crippen LogP contribution < -0.4 is 5.32 Å². The molecule has 268 valence electrons. The second-order valence-corrected chi connectivity index (χ2v) is 17.7. The van der Waals surface area contributed by atoms with Crippen LogP contribution in [-0.2, 0) is 29.5 Å². The molecule has 1 atom stereocenters. The summed E-state index contributed by atoms with van der Waals surface area (Å²) in [6.07, 6.45) is -1.63. The van der Waals surface area contributed by atoms with E-state index in [1.165, 1.54) is 12.4 Å². The molecule has 1 aromatic carbocycles. The van der Waals surface area contributed by atoms with Gasteiger partial charge in [-0.15, -0.1) is 11.3 Å². The number of fused-ring (bicyclic) bond motifs is 2.